The quantitative estimate of drug-likeness (QED) is 0.421. The fourth-order valence-electron chi connectivity index (χ4n) is 3.62. The lowest BCUT2D eigenvalue weighted by Crippen LogP contribution is -2.51. The first-order valence-corrected chi connectivity index (χ1v) is 11.4. The number of amides is 2. The first-order chi connectivity index (χ1) is 16.1. The minimum Gasteiger partial charge on any atom is -0.396 e. The molecule has 33 heavy (non-hydrogen) atoms. The molecule has 172 valence electrons. The molecule has 0 unspecified atom stereocenters. The van der Waals surface area contributed by atoms with Crippen molar-refractivity contribution in [3.05, 3.63) is 107 Å². The van der Waals surface area contributed by atoms with Crippen molar-refractivity contribution in [2.24, 2.45) is 0 Å². The van der Waals surface area contributed by atoms with Gasteiger partial charge in [-0.1, -0.05) is 84.4 Å². The predicted molar refractivity (Wildman–Crippen MR) is 131 cm³/mol. The zero-order valence-electron chi connectivity index (χ0n) is 18.5. The number of carbonyl (C=O) groups excluding carboxylic acids is 2. The average Bonchev–Trinajstić information content (AvgIpc) is 2.84. The van der Waals surface area contributed by atoms with Crippen molar-refractivity contribution in [3.8, 4) is 0 Å². The second-order valence-electron chi connectivity index (χ2n) is 7.88. The Bertz CT molecular complexity index is 1010. The summed E-state index contributed by atoms with van der Waals surface area (Å²) in [7, 11) is 0. The Hall–Kier alpha value is -3.15. The third kappa shape index (κ3) is 7.74. The van der Waals surface area contributed by atoms with Crippen molar-refractivity contribution in [1.29, 1.82) is 0 Å². The lowest BCUT2D eigenvalue weighted by Gasteiger charge is -2.31. The van der Waals surface area contributed by atoms with Gasteiger partial charge in [0.05, 0.1) is 6.42 Å². The van der Waals surface area contributed by atoms with Crippen molar-refractivity contribution < 1.29 is 14.7 Å². The molecule has 0 bridgehead atoms. The van der Waals surface area contributed by atoms with E-state index in [9.17, 15) is 9.59 Å². The predicted octanol–water partition coefficient (Wildman–Crippen LogP) is 4.02. The molecule has 2 N–H and O–H groups in total. The van der Waals surface area contributed by atoms with Crippen LogP contribution in [0.4, 0.5) is 0 Å². The van der Waals surface area contributed by atoms with Crippen LogP contribution in [-0.4, -0.2) is 41.0 Å². The van der Waals surface area contributed by atoms with Crippen molar-refractivity contribution in [2.75, 3.05) is 13.2 Å². The Morgan fingerprint density at radius 1 is 0.848 bits per heavy atom. The first-order valence-electron chi connectivity index (χ1n) is 11.1. The van der Waals surface area contributed by atoms with E-state index in [4.69, 9.17) is 16.7 Å². The highest BCUT2D eigenvalue weighted by Gasteiger charge is 2.30. The van der Waals surface area contributed by atoms with E-state index in [0.717, 1.165) is 16.7 Å². The maximum Gasteiger partial charge on any atom is 0.243 e. The van der Waals surface area contributed by atoms with Gasteiger partial charge in [0.1, 0.15) is 6.04 Å². The summed E-state index contributed by atoms with van der Waals surface area (Å²) >= 11 is 6.04. The van der Waals surface area contributed by atoms with Crippen LogP contribution in [0.1, 0.15) is 23.1 Å². The molecule has 6 heteroatoms. The van der Waals surface area contributed by atoms with Crippen LogP contribution in [0, 0.1) is 0 Å². The van der Waals surface area contributed by atoms with Gasteiger partial charge in [-0.25, -0.2) is 0 Å². The highest BCUT2D eigenvalue weighted by atomic mass is 35.5. The Labute approximate surface area is 200 Å². The first kappa shape index (κ1) is 24.5. The van der Waals surface area contributed by atoms with Crippen molar-refractivity contribution in [3.63, 3.8) is 0 Å². The van der Waals surface area contributed by atoms with Gasteiger partial charge in [0.2, 0.25) is 11.8 Å². The standard InChI is InChI=1S/C27H29ClN2O3/c28-24-14-12-23(13-15-24)20-30(26(32)19-22-10-5-2-6-11-22)25(27(33)29-16-7-17-31)18-21-8-3-1-4-9-21/h1-6,8-15,25,31H,7,16-20H2,(H,29,33)/t25-/m0/s1. The van der Waals surface area contributed by atoms with E-state index in [2.05, 4.69) is 5.32 Å². The summed E-state index contributed by atoms with van der Waals surface area (Å²) < 4.78 is 0. The molecule has 0 radical (unpaired) electrons. The van der Waals surface area contributed by atoms with Crippen LogP contribution in [0.25, 0.3) is 0 Å². The third-order valence-electron chi connectivity index (χ3n) is 5.37. The molecule has 0 aliphatic heterocycles. The molecule has 0 saturated heterocycles. The summed E-state index contributed by atoms with van der Waals surface area (Å²) in [4.78, 5) is 28.4. The molecular formula is C27H29ClN2O3. The number of hydrogen-bond donors (Lipinski definition) is 2. The molecule has 0 heterocycles. The minimum absolute atomic E-state index is 0.00887. The second-order valence-corrected chi connectivity index (χ2v) is 8.32. The number of aliphatic hydroxyl groups excluding tert-OH is 1. The van der Waals surface area contributed by atoms with Gasteiger partial charge in [-0.05, 0) is 35.2 Å². The zero-order chi connectivity index (χ0) is 23.5. The number of nitrogens with one attached hydrogen (secondary N) is 1. The number of aliphatic hydroxyl groups is 1. The smallest absolute Gasteiger partial charge is 0.243 e. The van der Waals surface area contributed by atoms with Crippen LogP contribution in [0.15, 0.2) is 84.9 Å². The molecule has 0 aliphatic carbocycles. The van der Waals surface area contributed by atoms with Gasteiger partial charge < -0.3 is 15.3 Å². The summed E-state index contributed by atoms with van der Waals surface area (Å²) in [5, 5.41) is 12.6. The Morgan fingerprint density at radius 3 is 2.06 bits per heavy atom. The van der Waals surface area contributed by atoms with Gasteiger partial charge in [-0.15, -0.1) is 0 Å². The van der Waals surface area contributed by atoms with Crippen LogP contribution in [0.5, 0.6) is 0 Å². The van der Waals surface area contributed by atoms with E-state index in [0.29, 0.717) is 24.4 Å². The van der Waals surface area contributed by atoms with Gasteiger partial charge in [-0.2, -0.15) is 0 Å². The van der Waals surface area contributed by atoms with Crippen molar-refractivity contribution in [2.45, 2.75) is 31.8 Å². The summed E-state index contributed by atoms with van der Waals surface area (Å²) in [5.41, 5.74) is 2.75. The second kappa shape index (κ2) is 12.8. The largest absolute Gasteiger partial charge is 0.396 e. The third-order valence-corrected chi connectivity index (χ3v) is 5.62. The monoisotopic (exact) mass is 464 g/mol. The number of rotatable bonds is 11. The van der Waals surface area contributed by atoms with Gasteiger partial charge in [0.15, 0.2) is 0 Å². The average molecular weight is 465 g/mol. The molecule has 0 fully saturated rings. The molecule has 3 aromatic rings. The summed E-state index contributed by atoms with van der Waals surface area (Å²) in [5.74, 6) is -0.364. The molecule has 3 rings (SSSR count). The number of nitrogens with zero attached hydrogens (tertiary/aromatic N) is 1. The SMILES string of the molecule is O=C(NCCCO)[C@H](Cc1ccccc1)N(Cc1ccc(Cl)cc1)C(=O)Cc1ccccc1. The molecule has 0 aromatic heterocycles. The molecule has 0 saturated carbocycles. The maximum atomic E-state index is 13.5. The number of benzene rings is 3. The van der Waals surface area contributed by atoms with E-state index >= 15 is 0 Å². The fourth-order valence-corrected chi connectivity index (χ4v) is 3.75. The number of halogens is 1. The Kier molecular flexibility index (Phi) is 9.48. The lowest BCUT2D eigenvalue weighted by molar-refractivity contribution is -0.140. The van der Waals surface area contributed by atoms with Gasteiger partial charge in [0, 0.05) is 31.1 Å². The summed E-state index contributed by atoms with van der Waals surface area (Å²) in [6.07, 6.45) is 1.04. The van der Waals surface area contributed by atoms with Crippen LogP contribution in [-0.2, 0) is 29.0 Å². The summed E-state index contributed by atoms with van der Waals surface area (Å²) in [6.45, 7) is 0.626. The maximum absolute atomic E-state index is 13.5. The van der Waals surface area contributed by atoms with Crippen LogP contribution < -0.4 is 5.32 Å². The van der Waals surface area contributed by atoms with Gasteiger partial charge in [0.25, 0.3) is 0 Å². The fraction of sp³-hybridized carbons (Fsp3) is 0.259. The van der Waals surface area contributed by atoms with Crippen LogP contribution >= 0.6 is 11.6 Å². The van der Waals surface area contributed by atoms with Crippen molar-refractivity contribution in [1.82, 2.24) is 10.2 Å². The minimum atomic E-state index is -0.696. The van der Waals surface area contributed by atoms with E-state index in [1.54, 1.807) is 17.0 Å². The summed E-state index contributed by atoms with van der Waals surface area (Å²) in [6, 6.07) is 25.8. The lowest BCUT2D eigenvalue weighted by atomic mass is 10.0. The van der Waals surface area contributed by atoms with E-state index < -0.39 is 6.04 Å². The molecule has 5 nitrogen and oxygen atoms in total. The molecule has 1 atom stereocenters. The zero-order valence-corrected chi connectivity index (χ0v) is 19.2. The Morgan fingerprint density at radius 2 is 1.45 bits per heavy atom. The van der Waals surface area contributed by atoms with E-state index in [1.165, 1.54) is 0 Å². The van der Waals surface area contributed by atoms with Crippen molar-refractivity contribution >= 4 is 23.4 Å². The van der Waals surface area contributed by atoms with Gasteiger partial charge >= 0.3 is 0 Å². The van der Waals surface area contributed by atoms with E-state index in [-0.39, 0.29) is 31.4 Å². The normalized spacial score (nSPS) is 11.6. The Balaban J connectivity index is 1.91. The number of carbonyl (C=O) groups is 2. The topological polar surface area (TPSA) is 69.6 Å². The number of hydrogen-bond acceptors (Lipinski definition) is 3. The highest BCUT2D eigenvalue weighted by Crippen LogP contribution is 2.18. The molecule has 2 amide bonds. The molecule has 0 aliphatic rings. The van der Waals surface area contributed by atoms with Gasteiger partial charge in [-0.3, -0.25) is 9.59 Å². The van der Waals surface area contributed by atoms with E-state index in [1.807, 2.05) is 72.8 Å². The van der Waals surface area contributed by atoms with Crippen LogP contribution in [0.2, 0.25) is 5.02 Å². The van der Waals surface area contributed by atoms with Crippen LogP contribution in [0.3, 0.4) is 0 Å². The highest BCUT2D eigenvalue weighted by molar-refractivity contribution is 6.30. The molecule has 0 spiro atoms. The molecule has 3 aromatic carbocycles. The molecular weight excluding hydrogens is 436 g/mol.